The van der Waals surface area contributed by atoms with Gasteiger partial charge < -0.3 is 10.2 Å². The lowest BCUT2D eigenvalue weighted by atomic mass is 10.1. The first-order chi connectivity index (χ1) is 6.65. The normalized spacial score (nSPS) is 15.1. The molecule has 2 unspecified atom stereocenters. The van der Waals surface area contributed by atoms with Gasteiger partial charge in [-0.1, -0.05) is 15.9 Å². The van der Waals surface area contributed by atoms with Crippen LogP contribution in [0.4, 0.5) is 0 Å². The quantitative estimate of drug-likeness (QED) is 0.808. The van der Waals surface area contributed by atoms with Gasteiger partial charge in [-0.05, 0) is 31.0 Å². The molecule has 14 heavy (non-hydrogen) atoms. The standard InChI is InChI=1S/C10H14BrNO2/c1-7-3-5-12-8(6-7)10(14)9(13)2-4-11/h3,5-6,9-10,13-14H,2,4H2,1H3. The largest absolute Gasteiger partial charge is 0.390 e. The van der Waals surface area contributed by atoms with Gasteiger partial charge in [0.25, 0.3) is 0 Å². The van der Waals surface area contributed by atoms with Crippen molar-refractivity contribution >= 4 is 15.9 Å². The Morgan fingerprint density at radius 1 is 1.50 bits per heavy atom. The summed E-state index contributed by atoms with van der Waals surface area (Å²) < 4.78 is 0. The third kappa shape index (κ3) is 3.04. The van der Waals surface area contributed by atoms with E-state index in [0.29, 0.717) is 17.4 Å². The second kappa shape index (κ2) is 5.44. The van der Waals surface area contributed by atoms with Gasteiger partial charge in [0.15, 0.2) is 0 Å². The summed E-state index contributed by atoms with van der Waals surface area (Å²) in [5.74, 6) is 0. The predicted octanol–water partition coefficient (Wildman–Crippen LogP) is 1.57. The summed E-state index contributed by atoms with van der Waals surface area (Å²) in [5, 5.41) is 19.9. The molecular weight excluding hydrogens is 246 g/mol. The van der Waals surface area contributed by atoms with Crippen molar-refractivity contribution in [2.75, 3.05) is 5.33 Å². The lowest BCUT2D eigenvalue weighted by Gasteiger charge is -2.16. The van der Waals surface area contributed by atoms with Gasteiger partial charge in [-0.15, -0.1) is 0 Å². The predicted molar refractivity (Wildman–Crippen MR) is 58.4 cm³/mol. The van der Waals surface area contributed by atoms with Crippen molar-refractivity contribution in [1.29, 1.82) is 0 Å². The summed E-state index contributed by atoms with van der Waals surface area (Å²) in [7, 11) is 0. The lowest BCUT2D eigenvalue weighted by Crippen LogP contribution is -2.19. The van der Waals surface area contributed by atoms with Gasteiger partial charge in [-0.2, -0.15) is 0 Å². The molecule has 0 aliphatic carbocycles. The molecule has 1 aromatic heterocycles. The van der Waals surface area contributed by atoms with Gasteiger partial charge in [0.1, 0.15) is 6.10 Å². The second-order valence-corrected chi connectivity index (χ2v) is 4.04. The van der Waals surface area contributed by atoms with Crippen LogP contribution in [0.2, 0.25) is 0 Å². The maximum Gasteiger partial charge on any atom is 0.122 e. The molecule has 0 aliphatic heterocycles. The minimum atomic E-state index is -0.896. The highest BCUT2D eigenvalue weighted by Gasteiger charge is 2.18. The molecule has 1 rings (SSSR count). The van der Waals surface area contributed by atoms with Crippen molar-refractivity contribution in [2.45, 2.75) is 25.6 Å². The van der Waals surface area contributed by atoms with E-state index in [1.807, 2.05) is 13.0 Å². The number of rotatable bonds is 4. The van der Waals surface area contributed by atoms with Crippen LogP contribution in [0.3, 0.4) is 0 Å². The third-order valence-corrected chi connectivity index (χ3v) is 2.47. The fourth-order valence-corrected chi connectivity index (χ4v) is 1.66. The van der Waals surface area contributed by atoms with Crippen molar-refractivity contribution < 1.29 is 10.2 Å². The molecule has 0 fully saturated rings. The minimum Gasteiger partial charge on any atom is -0.390 e. The van der Waals surface area contributed by atoms with Crippen LogP contribution >= 0.6 is 15.9 Å². The van der Waals surface area contributed by atoms with Crippen LogP contribution in [0.25, 0.3) is 0 Å². The first kappa shape index (κ1) is 11.6. The van der Waals surface area contributed by atoms with Gasteiger partial charge in [-0.3, -0.25) is 4.98 Å². The number of nitrogens with zero attached hydrogens (tertiary/aromatic N) is 1. The van der Waals surface area contributed by atoms with Crippen molar-refractivity contribution in [3.63, 3.8) is 0 Å². The van der Waals surface area contributed by atoms with Crippen LogP contribution in [-0.4, -0.2) is 26.6 Å². The van der Waals surface area contributed by atoms with Crippen LogP contribution in [0.5, 0.6) is 0 Å². The number of aliphatic hydroxyl groups excluding tert-OH is 2. The molecule has 0 radical (unpaired) electrons. The summed E-state index contributed by atoms with van der Waals surface area (Å²) in [6.45, 7) is 1.93. The summed E-state index contributed by atoms with van der Waals surface area (Å²) in [6.07, 6.45) is 0.488. The molecule has 78 valence electrons. The number of hydrogen-bond acceptors (Lipinski definition) is 3. The first-order valence-electron chi connectivity index (χ1n) is 4.50. The molecular formula is C10H14BrNO2. The molecule has 1 aromatic rings. The van der Waals surface area contributed by atoms with E-state index in [1.54, 1.807) is 12.3 Å². The Hall–Kier alpha value is -0.450. The lowest BCUT2D eigenvalue weighted by molar-refractivity contribution is 0.0148. The summed E-state index contributed by atoms with van der Waals surface area (Å²) in [4.78, 5) is 4.02. The van der Waals surface area contributed by atoms with Crippen molar-refractivity contribution in [3.8, 4) is 0 Å². The molecule has 0 saturated heterocycles. The third-order valence-electron chi connectivity index (χ3n) is 2.01. The van der Waals surface area contributed by atoms with Gasteiger partial charge in [-0.25, -0.2) is 0 Å². The average molecular weight is 260 g/mol. The maximum absolute atomic E-state index is 9.71. The molecule has 0 saturated carbocycles. The summed E-state index contributed by atoms with van der Waals surface area (Å²) in [6, 6.07) is 3.63. The number of aryl methyl sites for hydroxylation is 1. The Morgan fingerprint density at radius 2 is 2.21 bits per heavy atom. The van der Waals surface area contributed by atoms with E-state index >= 15 is 0 Å². The van der Waals surface area contributed by atoms with E-state index in [4.69, 9.17) is 0 Å². The van der Waals surface area contributed by atoms with E-state index in [9.17, 15) is 10.2 Å². The highest BCUT2D eigenvalue weighted by molar-refractivity contribution is 9.09. The highest BCUT2D eigenvalue weighted by Crippen LogP contribution is 2.17. The Morgan fingerprint density at radius 3 is 2.79 bits per heavy atom. The molecule has 0 aromatic carbocycles. The summed E-state index contributed by atoms with van der Waals surface area (Å²) >= 11 is 3.21. The monoisotopic (exact) mass is 259 g/mol. The molecule has 0 aliphatic rings. The Bertz CT molecular complexity index is 293. The molecule has 4 heteroatoms. The van der Waals surface area contributed by atoms with Crippen LogP contribution in [0.1, 0.15) is 23.8 Å². The maximum atomic E-state index is 9.71. The molecule has 0 bridgehead atoms. The number of halogens is 1. The van der Waals surface area contributed by atoms with Crippen molar-refractivity contribution in [1.82, 2.24) is 4.98 Å². The van der Waals surface area contributed by atoms with E-state index < -0.39 is 12.2 Å². The Kier molecular flexibility index (Phi) is 4.51. The van der Waals surface area contributed by atoms with E-state index in [1.165, 1.54) is 0 Å². The average Bonchev–Trinajstić information content (AvgIpc) is 2.17. The molecule has 0 spiro atoms. The van der Waals surface area contributed by atoms with Gasteiger partial charge >= 0.3 is 0 Å². The van der Waals surface area contributed by atoms with Crippen molar-refractivity contribution in [2.24, 2.45) is 0 Å². The molecule has 1 heterocycles. The first-order valence-corrected chi connectivity index (χ1v) is 5.62. The van der Waals surface area contributed by atoms with E-state index in [0.717, 1.165) is 5.56 Å². The number of alkyl halides is 1. The smallest absolute Gasteiger partial charge is 0.122 e. The van der Waals surface area contributed by atoms with Crippen LogP contribution in [-0.2, 0) is 0 Å². The number of aliphatic hydroxyl groups is 2. The fourth-order valence-electron chi connectivity index (χ4n) is 1.19. The zero-order chi connectivity index (χ0) is 10.6. The number of hydrogen-bond donors (Lipinski definition) is 2. The van der Waals surface area contributed by atoms with E-state index in [-0.39, 0.29) is 0 Å². The number of pyridine rings is 1. The van der Waals surface area contributed by atoms with Gasteiger partial charge in [0.05, 0.1) is 11.8 Å². The topological polar surface area (TPSA) is 53.4 Å². The molecule has 2 atom stereocenters. The Labute approximate surface area is 91.9 Å². The van der Waals surface area contributed by atoms with Crippen LogP contribution in [0, 0.1) is 6.92 Å². The van der Waals surface area contributed by atoms with Crippen LogP contribution in [0.15, 0.2) is 18.3 Å². The highest BCUT2D eigenvalue weighted by atomic mass is 79.9. The fraction of sp³-hybridized carbons (Fsp3) is 0.500. The minimum absolute atomic E-state index is 0.511. The zero-order valence-corrected chi connectivity index (χ0v) is 9.61. The van der Waals surface area contributed by atoms with Gasteiger partial charge in [0.2, 0.25) is 0 Å². The number of aromatic nitrogens is 1. The van der Waals surface area contributed by atoms with Gasteiger partial charge in [0, 0.05) is 11.5 Å². The molecule has 2 N–H and O–H groups in total. The van der Waals surface area contributed by atoms with Crippen molar-refractivity contribution in [3.05, 3.63) is 29.6 Å². The second-order valence-electron chi connectivity index (χ2n) is 3.25. The summed E-state index contributed by atoms with van der Waals surface area (Å²) in [5.41, 5.74) is 1.55. The Balaban J connectivity index is 2.73. The zero-order valence-electron chi connectivity index (χ0n) is 8.02. The molecule has 0 amide bonds. The van der Waals surface area contributed by atoms with E-state index in [2.05, 4.69) is 20.9 Å². The SMILES string of the molecule is Cc1ccnc(C(O)C(O)CCBr)c1. The van der Waals surface area contributed by atoms with Crippen LogP contribution < -0.4 is 0 Å². The molecule has 3 nitrogen and oxygen atoms in total.